The number of rotatable bonds is 5. The van der Waals surface area contributed by atoms with Crippen LogP contribution in [0.15, 0.2) is 53.4 Å². The van der Waals surface area contributed by atoms with Crippen LogP contribution in [0.1, 0.15) is 50.0 Å². The second kappa shape index (κ2) is 7.40. The highest BCUT2D eigenvalue weighted by molar-refractivity contribution is 7.91. The third-order valence-corrected chi connectivity index (χ3v) is 5.74. The van der Waals surface area contributed by atoms with Crippen LogP contribution >= 0.6 is 0 Å². The van der Waals surface area contributed by atoms with E-state index in [1.54, 1.807) is 49.4 Å². The average molecular weight is 360 g/mol. The molecule has 0 aliphatic heterocycles. The number of esters is 1. The van der Waals surface area contributed by atoms with Crippen LogP contribution < -0.4 is 4.74 Å². The molecule has 25 heavy (non-hydrogen) atoms. The second-order valence-electron chi connectivity index (χ2n) is 6.96. The van der Waals surface area contributed by atoms with Gasteiger partial charge in [0.2, 0.25) is 0 Å². The molecule has 4 nitrogen and oxygen atoms in total. The third kappa shape index (κ3) is 4.48. The predicted octanol–water partition coefficient (Wildman–Crippen LogP) is 4.39. The molecule has 5 heteroatoms. The van der Waals surface area contributed by atoms with Crippen molar-refractivity contribution in [2.24, 2.45) is 0 Å². The Kier molecular flexibility index (Phi) is 5.68. The van der Waals surface area contributed by atoms with Gasteiger partial charge in [-0.25, -0.2) is 13.2 Å². The first-order valence-electron chi connectivity index (χ1n) is 8.30. The molecular formula is C20H24O4S. The number of para-hydroxylation sites is 1. The summed E-state index contributed by atoms with van der Waals surface area (Å²) in [6, 6.07) is 13.6. The quantitative estimate of drug-likeness (QED) is 0.586. The van der Waals surface area contributed by atoms with Gasteiger partial charge in [0.1, 0.15) is 4.90 Å². The van der Waals surface area contributed by atoms with Crippen molar-refractivity contribution in [2.45, 2.75) is 44.4 Å². The first-order chi connectivity index (χ1) is 11.7. The third-order valence-electron chi connectivity index (χ3n) is 3.80. The van der Waals surface area contributed by atoms with Gasteiger partial charge < -0.3 is 4.74 Å². The standard InChI is InChI=1S/C20H24O4S/c1-5-14-25(22,23)17-13-9-12-16(20(2,3)4)18(17)24-19(21)15-10-7-6-8-11-15/h6-13H,5,14H2,1-4H3. The number of carbonyl (C=O) groups excluding carboxylic acids is 1. The molecule has 0 saturated carbocycles. The lowest BCUT2D eigenvalue weighted by Crippen LogP contribution is -2.19. The molecule has 0 aromatic heterocycles. The van der Waals surface area contributed by atoms with E-state index in [4.69, 9.17) is 4.74 Å². The van der Waals surface area contributed by atoms with Gasteiger partial charge >= 0.3 is 5.97 Å². The van der Waals surface area contributed by atoms with Crippen molar-refractivity contribution in [1.29, 1.82) is 0 Å². The number of hydrogen-bond donors (Lipinski definition) is 0. The van der Waals surface area contributed by atoms with Crippen molar-refractivity contribution < 1.29 is 17.9 Å². The van der Waals surface area contributed by atoms with Gasteiger partial charge in [-0.1, -0.05) is 58.0 Å². The summed E-state index contributed by atoms with van der Waals surface area (Å²) in [6.07, 6.45) is 0.494. The Bertz CT molecular complexity index is 847. The zero-order chi connectivity index (χ0) is 18.7. The molecule has 134 valence electrons. The zero-order valence-corrected chi connectivity index (χ0v) is 15.9. The van der Waals surface area contributed by atoms with E-state index in [1.807, 2.05) is 20.8 Å². The minimum atomic E-state index is -3.53. The Morgan fingerprint density at radius 1 is 1.00 bits per heavy atom. The van der Waals surface area contributed by atoms with Crippen LogP contribution in [0.2, 0.25) is 0 Å². The van der Waals surface area contributed by atoms with E-state index in [0.717, 1.165) is 0 Å². The maximum absolute atomic E-state index is 12.7. The highest BCUT2D eigenvalue weighted by Crippen LogP contribution is 2.37. The van der Waals surface area contributed by atoms with E-state index < -0.39 is 15.8 Å². The summed E-state index contributed by atoms with van der Waals surface area (Å²) < 4.78 is 30.9. The molecule has 0 atom stereocenters. The van der Waals surface area contributed by atoms with E-state index >= 15 is 0 Å². The molecule has 2 aromatic carbocycles. The summed E-state index contributed by atoms with van der Waals surface area (Å²) >= 11 is 0. The smallest absolute Gasteiger partial charge is 0.343 e. The number of ether oxygens (including phenoxy) is 1. The van der Waals surface area contributed by atoms with Crippen LogP contribution in [-0.2, 0) is 15.3 Å². The van der Waals surface area contributed by atoms with Crippen LogP contribution in [0, 0.1) is 0 Å². The summed E-state index contributed by atoms with van der Waals surface area (Å²) in [6.45, 7) is 7.68. The number of sulfone groups is 1. The van der Waals surface area contributed by atoms with Crippen molar-refractivity contribution in [3.05, 3.63) is 59.7 Å². The molecule has 0 aliphatic carbocycles. The summed E-state index contributed by atoms with van der Waals surface area (Å²) in [7, 11) is -3.53. The summed E-state index contributed by atoms with van der Waals surface area (Å²) in [4.78, 5) is 12.6. The lowest BCUT2D eigenvalue weighted by Gasteiger charge is -2.24. The molecular weight excluding hydrogens is 336 g/mol. The molecule has 0 radical (unpaired) electrons. The van der Waals surface area contributed by atoms with E-state index in [1.165, 1.54) is 6.07 Å². The van der Waals surface area contributed by atoms with E-state index in [2.05, 4.69) is 0 Å². The Balaban J connectivity index is 2.58. The molecule has 2 aromatic rings. The van der Waals surface area contributed by atoms with Gasteiger partial charge in [0.25, 0.3) is 0 Å². The zero-order valence-electron chi connectivity index (χ0n) is 15.1. The maximum Gasteiger partial charge on any atom is 0.343 e. The lowest BCUT2D eigenvalue weighted by atomic mass is 9.86. The number of benzene rings is 2. The van der Waals surface area contributed by atoms with Gasteiger partial charge in [-0.05, 0) is 30.0 Å². The summed E-state index contributed by atoms with van der Waals surface area (Å²) in [5, 5.41) is 0. The van der Waals surface area contributed by atoms with Gasteiger partial charge in [-0.3, -0.25) is 0 Å². The SMILES string of the molecule is CCCS(=O)(=O)c1cccc(C(C)(C)C)c1OC(=O)c1ccccc1. The largest absolute Gasteiger partial charge is 0.421 e. The van der Waals surface area contributed by atoms with E-state index in [0.29, 0.717) is 17.5 Å². The Labute approximate surface area is 149 Å². The highest BCUT2D eigenvalue weighted by Gasteiger charge is 2.28. The van der Waals surface area contributed by atoms with Crippen molar-refractivity contribution in [3.63, 3.8) is 0 Å². The van der Waals surface area contributed by atoms with Gasteiger partial charge in [-0.2, -0.15) is 0 Å². The minimum absolute atomic E-state index is 0.0104. The Morgan fingerprint density at radius 2 is 1.64 bits per heavy atom. The molecule has 0 aliphatic rings. The maximum atomic E-state index is 12.7. The predicted molar refractivity (Wildman–Crippen MR) is 98.9 cm³/mol. The molecule has 0 amide bonds. The first kappa shape index (κ1) is 19.2. The van der Waals surface area contributed by atoms with Crippen LogP contribution in [-0.4, -0.2) is 20.1 Å². The van der Waals surface area contributed by atoms with Crippen LogP contribution in [0.25, 0.3) is 0 Å². The van der Waals surface area contributed by atoms with Crippen LogP contribution in [0.5, 0.6) is 5.75 Å². The molecule has 0 saturated heterocycles. The number of carbonyl (C=O) groups is 1. The fraction of sp³-hybridized carbons (Fsp3) is 0.350. The van der Waals surface area contributed by atoms with Gasteiger partial charge in [0.05, 0.1) is 11.3 Å². The fourth-order valence-electron chi connectivity index (χ4n) is 2.56. The van der Waals surface area contributed by atoms with Crippen molar-refractivity contribution in [3.8, 4) is 5.75 Å². The van der Waals surface area contributed by atoms with Gasteiger partial charge in [-0.15, -0.1) is 0 Å². The normalized spacial score (nSPS) is 12.0. The average Bonchev–Trinajstić information content (AvgIpc) is 2.54. The van der Waals surface area contributed by atoms with Crippen LogP contribution in [0.4, 0.5) is 0 Å². The molecule has 2 rings (SSSR count). The molecule has 0 fully saturated rings. The summed E-state index contributed by atoms with van der Waals surface area (Å²) in [5.74, 6) is -0.418. The number of hydrogen-bond acceptors (Lipinski definition) is 4. The van der Waals surface area contributed by atoms with Gasteiger partial charge in [0, 0.05) is 5.56 Å². The van der Waals surface area contributed by atoms with Gasteiger partial charge in [0.15, 0.2) is 15.6 Å². The van der Waals surface area contributed by atoms with E-state index in [-0.39, 0.29) is 21.8 Å². The van der Waals surface area contributed by atoms with Crippen molar-refractivity contribution in [2.75, 3.05) is 5.75 Å². The first-order valence-corrected chi connectivity index (χ1v) is 9.95. The highest BCUT2D eigenvalue weighted by atomic mass is 32.2. The lowest BCUT2D eigenvalue weighted by molar-refractivity contribution is 0.0727. The monoisotopic (exact) mass is 360 g/mol. The summed E-state index contributed by atoms with van der Waals surface area (Å²) in [5.41, 5.74) is 0.698. The topological polar surface area (TPSA) is 60.4 Å². The van der Waals surface area contributed by atoms with E-state index in [9.17, 15) is 13.2 Å². The van der Waals surface area contributed by atoms with Crippen LogP contribution in [0.3, 0.4) is 0 Å². The fourth-order valence-corrected chi connectivity index (χ4v) is 4.04. The minimum Gasteiger partial charge on any atom is -0.421 e. The Morgan fingerprint density at radius 3 is 2.20 bits per heavy atom. The molecule has 0 N–H and O–H groups in total. The molecule has 0 unspecified atom stereocenters. The molecule has 0 bridgehead atoms. The molecule has 0 heterocycles. The molecule has 0 spiro atoms. The Hall–Kier alpha value is -2.14. The van der Waals surface area contributed by atoms with Crippen molar-refractivity contribution in [1.82, 2.24) is 0 Å². The van der Waals surface area contributed by atoms with Crippen molar-refractivity contribution >= 4 is 15.8 Å². The second-order valence-corrected chi connectivity index (χ2v) is 9.03.